The number of aryl methyl sites for hydroxylation is 1. The summed E-state index contributed by atoms with van der Waals surface area (Å²) in [5.74, 6) is 1.02. The highest BCUT2D eigenvalue weighted by atomic mass is 35.5. The Labute approximate surface area is 172 Å². The van der Waals surface area contributed by atoms with Gasteiger partial charge in [-0.15, -0.1) is 22.6 Å². The van der Waals surface area contributed by atoms with Crippen molar-refractivity contribution in [3.63, 3.8) is 0 Å². The molecule has 2 N–H and O–H groups in total. The van der Waals surface area contributed by atoms with Crippen molar-refractivity contribution in [3.05, 3.63) is 82.8 Å². The first kappa shape index (κ1) is 18.7. The van der Waals surface area contributed by atoms with Gasteiger partial charge in [0.15, 0.2) is 5.88 Å². The van der Waals surface area contributed by atoms with Gasteiger partial charge in [-0.1, -0.05) is 24.3 Å². The maximum atomic E-state index is 10.3. The average molecular weight is 404 g/mol. The van der Waals surface area contributed by atoms with Crippen LogP contribution in [0.2, 0.25) is 0 Å². The van der Waals surface area contributed by atoms with Crippen LogP contribution in [0, 0.1) is 0 Å². The van der Waals surface area contributed by atoms with Crippen molar-refractivity contribution in [2.45, 2.75) is 0 Å². The highest BCUT2D eigenvalue weighted by Gasteiger charge is 2.09. The van der Waals surface area contributed by atoms with Gasteiger partial charge in [-0.3, -0.25) is 0 Å². The van der Waals surface area contributed by atoms with Gasteiger partial charge in [0.25, 0.3) is 0 Å². The third-order valence-corrected chi connectivity index (χ3v) is 4.85. The number of hydrogen-bond acceptors (Lipinski definition) is 4. The van der Waals surface area contributed by atoms with Gasteiger partial charge in [-0.05, 0) is 41.6 Å². The molecular formula is C22H18ClN5O. The average Bonchev–Trinajstić information content (AvgIpc) is 3.38. The monoisotopic (exact) mass is 403 g/mol. The molecule has 0 fully saturated rings. The van der Waals surface area contributed by atoms with E-state index in [4.69, 9.17) is 0 Å². The fraction of sp³-hybridized carbons (Fsp3) is 0.0455. The summed E-state index contributed by atoms with van der Waals surface area (Å²) < 4.78 is 1.94. The summed E-state index contributed by atoms with van der Waals surface area (Å²) in [5, 5.41) is 21.8. The Morgan fingerprint density at radius 1 is 1.07 bits per heavy atom. The summed E-state index contributed by atoms with van der Waals surface area (Å²) in [6, 6.07) is 13.8. The lowest BCUT2D eigenvalue weighted by Crippen LogP contribution is -2.08. The van der Waals surface area contributed by atoms with Crippen LogP contribution in [0.15, 0.2) is 71.2 Å². The third kappa shape index (κ3) is 3.34. The number of fused-ring (bicyclic) bond motifs is 2. The normalized spacial score (nSPS) is 13.4. The van der Waals surface area contributed by atoms with Crippen molar-refractivity contribution in [2.75, 3.05) is 0 Å². The minimum absolute atomic E-state index is 0. The number of imidazole rings is 1. The molecule has 144 valence electrons. The van der Waals surface area contributed by atoms with Gasteiger partial charge < -0.3 is 14.7 Å². The fourth-order valence-corrected chi connectivity index (χ4v) is 3.38. The molecule has 1 aliphatic heterocycles. The summed E-state index contributed by atoms with van der Waals surface area (Å²) in [6.07, 6.45) is 9.46. The molecule has 0 saturated heterocycles. The second kappa shape index (κ2) is 7.41. The number of azo groups is 1. The first-order valence-electron chi connectivity index (χ1n) is 8.92. The number of para-hydroxylation sites is 1. The molecule has 2 aromatic carbocycles. The molecule has 29 heavy (non-hydrogen) atoms. The van der Waals surface area contributed by atoms with Crippen LogP contribution < -0.4 is 10.4 Å². The topological polar surface area (TPSA) is 78.6 Å². The Bertz CT molecular complexity index is 1390. The Balaban J connectivity index is 0.00000205. The lowest BCUT2D eigenvalue weighted by atomic mass is 10.1. The number of aromatic nitrogens is 3. The van der Waals surface area contributed by atoms with E-state index in [1.54, 1.807) is 6.20 Å². The number of hydrogen-bond donors (Lipinski definition) is 2. The molecule has 0 amide bonds. The van der Waals surface area contributed by atoms with Crippen LogP contribution in [0.4, 0.5) is 5.69 Å². The SMILES string of the molecule is Cl.Cn1ccnc1/C=C/C1=c2ccc(=Cc3c(O)[nH]c4ccccc34)cc2N=N1. The van der Waals surface area contributed by atoms with Crippen molar-refractivity contribution in [3.8, 4) is 5.88 Å². The molecule has 5 rings (SSSR count). The first-order chi connectivity index (χ1) is 13.7. The van der Waals surface area contributed by atoms with Crippen molar-refractivity contribution in [1.82, 2.24) is 14.5 Å². The van der Waals surface area contributed by atoms with Crippen LogP contribution in [0.1, 0.15) is 11.4 Å². The molecule has 0 saturated carbocycles. The molecule has 0 radical (unpaired) electrons. The Hall–Kier alpha value is -3.64. The van der Waals surface area contributed by atoms with Crippen molar-refractivity contribution < 1.29 is 5.11 Å². The molecule has 3 heterocycles. The van der Waals surface area contributed by atoms with Crippen molar-refractivity contribution >= 4 is 46.8 Å². The number of halogens is 1. The van der Waals surface area contributed by atoms with Crippen LogP contribution in [0.5, 0.6) is 5.88 Å². The van der Waals surface area contributed by atoms with Crippen LogP contribution >= 0.6 is 12.4 Å². The van der Waals surface area contributed by atoms with Gasteiger partial charge >= 0.3 is 0 Å². The van der Waals surface area contributed by atoms with E-state index in [0.29, 0.717) is 0 Å². The van der Waals surface area contributed by atoms with E-state index >= 15 is 0 Å². The van der Waals surface area contributed by atoms with E-state index in [9.17, 15) is 5.11 Å². The molecule has 0 bridgehead atoms. The van der Waals surface area contributed by atoms with Gasteiger partial charge in [-0.25, -0.2) is 4.98 Å². The second-order valence-corrected chi connectivity index (χ2v) is 6.67. The molecule has 0 unspecified atom stereocenters. The van der Waals surface area contributed by atoms with Crippen LogP contribution in [-0.4, -0.2) is 19.6 Å². The maximum absolute atomic E-state index is 10.3. The van der Waals surface area contributed by atoms with E-state index in [1.165, 1.54) is 0 Å². The summed E-state index contributed by atoms with van der Waals surface area (Å²) in [4.78, 5) is 7.28. The summed E-state index contributed by atoms with van der Waals surface area (Å²) >= 11 is 0. The number of aromatic amines is 1. The standard InChI is InChI=1S/C22H17N5O.ClH/c1-27-11-10-23-21(27)9-8-19-16-7-6-14(13-20(16)26-25-19)12-17-15-4-2-3-5-18(15)24-22(17)28;/h2-13,24,28H,1H3;1H/b9-8+,14-12?;. The van der Waals surface area contributed by atoms with Gasteiger partial charge in [0, 0.05) is 41.1 Å². The molecule has 0 aliphatic carbocycles. The zero-order valence-corrected chi connectivity index (χ0v) is 16.4. The minimum atomic E-state index is 0. The number of aromatic hydroxyl groups is 1. The quantitative estimate of drug-likeness (QED) is 0.546. The zero-order valence-electron chi connectivity index (χ0n) is 15.6. The Morgan fingerprint density at radius 2 is 1.93 bits per heavy atom. The van der Waals surface area contributed by atoms with E-state index < -0.39 is 0 Å². The van der Waals surface area contributed by atoms with Crippen LogP contribution in [0.25, 0.3) is 28.8 Å². The van der Waals surface area contributed by atoms with E-state index in [1.807, 2.05) is 78.5 Å². The maximum Gasteiger partial charge on any atom is 0.196 e. The number of nitrogens with zero attached hydrogens (tertiary/aromatic N) is 4. The highest BCUT2D eigenvalue weighted by Crippen LogP contribution is 2.27. The molecular weight excluding hydrogens is 386 g/mol. The molecule has 1 aliphatic rings. The predicted molar refractivity (Wildman–Crippen MR) is 117 cm³/mol. The minimum Gasteiger partial charge on any atom is -0.494 e. The number of nitrogens with one attached hydrogen (secondary N) is 1. The fourth-order valence-electron chi connectivity index (χ4n) is 3.38. The van der Waals surface area contributed by atoms with Gasteiger partial charge in [0.1, 0.15) is 5.82 Å². The predicted octanol–water partition coefficient (Wildman–Crippen LogP) is 3.78. The largest absolute Gasteiger partial charge is 0.494 e. The molecule has 0 atom stereocenters. The summed E-state index contributed by atoms with van der Waals surface area (Å²) in [5.41, 5.74) is 3.29. The Morgan fingerprint density at radius 3 is 2.76 bits per heavy atom. The van der Waals surface area contributed by atoms with E-state index in [0.717, 1.165) is 44.1 Å². The molecule has 7 heteroatoms. The zero-order chi connectivity index (χ0) is 19.1. The van der Waals surface area contributed by atoms with Gasteiger partial charge in [0.05, 0.1) is 11.4 Å². The number of benzene rings is 2. The highest BCUT2D eigenvalue weighted by molar-refractivity contribution is 5.91. The first-order valence-corrected chi connectivity index (χ1v) is 8.92. The van der Waals surface area contributed by atoms with Crippen LogP contribution in [-0.2, 0) is 7.05 Å². The molecule has 0 spiro atoms. The van der Waals surface area contributed by atoms with Gasteiger partial charge in [0.2, 0.25) is 0 Å². The lowest BCUT2D eigenvalue weighted by Gasteiger charge is -1.95. The number of H-pyrrole nitrogens is 1. The third-order valence-electron chi connectivity index (χ3n) is 4.85. The van der Waals surface area contributed by atoms with Crippen LogP contribution in [0.3, 0.4) is 0 Å². The van der Waals surface area contributed by atoms with Gasteiger partial charge in [-0.2, -0.15) is 0 Å². The Kier molecular flexibility index (Phi) is 4.78. The lowest BCUT2D eigenvalue weighted by molar-refractivity contribution is 0.457. The van der Waals surface area contributed by atoms with Crippen molar-refractivity contribution in [2.24, 2.45) is 17.3 Å². The van der Waals surface area contributed by atoms with E-state index in [2.05, 4.69) is 20.2 Å². The molecule has 4 aromatic rings. The smallest absolute Gasteiger partial charge is 0.196 e. The molecule has 6 nitrogen and oxygen atoms in total. The molecule has 2 aromatic heterocycles. The second-order valence-electron chi connectivity index (χ2n) is 6.67. The van der Waals surface area contributed by atoms with Crippen molar-refractivity contribution in [1.29, 1.82) is 0 Å². The number of rotatable bonds is 3. The summed E-state index contributed by atoms with van der Waals surface area (Å²) in [7, 11) is 1.95. The summed E-state index contributed by atoms with van der Waals surface area (Å²) in [6.45, 7) is 0. The van der Waals surface area contributed by atoms with E-state index in [-0.39, 0.29) is 18.3 Å².